The molecule has 3 unspecified atom stereocenters. The van der Waals surface area contributed by atoms with Crippen molar-refractivity contribution in [3.05, 3.63) is 0 Å². The lowest BCUT2D eigenvalue weighted by molar-refractivity contribution is -0.138. The second-order valence-electron chi connectivity index (χ2n) is 7.10. The van der Waals surface area contributed by atoms with Crippen LogP contribution in [0.15, 0.2) is 0 Å². The molecular formula is C15H28ClN3O3. The van der Waals surface area contributed by atoms with Crippen LogP contribution in [0.1, 0.15) is 34.1 Å². The van der Waals surface area contributed by atoms with Crippen LogP contribution in [0.4, 0.5) is 0 Å². The zero-order valence-corrected chi connectivity index (χ0v) is 14.5. The number of rotatable bonds is 5. The van der Waals surface area contributed by atoms with Crippen molar-refractivity contribution in [1.82, 2.24) is 10.6 Å². The summed E-state index contributed by atoms with van der Waals surface area (Å²) in [6.07, 6.45) is 1.23. The van der Waals surface area contributed by atoms with Gasteiger partial charge in [0.15, 0.2) is 0 Å². The number of ether oxygens (including phenoxy) is 1. The van der Waals surface area contributed by atoms with Gasteiger partial charge in [-0.2, -0.15) is 0 Å². The Morgan fingerprint density at radius 2 is 2.00 bits per heavy atom. The van der Waals surface area contributed by atoms with Gasteiger partial charge in [0.05, 0.1) is 18.7 Å². The Morgan fingerprint density at radius 3 is 2.59 bits per heavy atom. The Labute approximate surface area is 138 Å². The van der Waals surface area contributed by atoms with Crippen LogP contribution in [-0.4, -0.2) is 43.2 Å². The fraction of sp³-hybridized carbons (Fsp3) is 0.867. The van der Waals surface area contributed by atoms with Gasteiger partial charge in [-0.1, -0.05) is 27.7 Å². The smallest absolute Gasteiger partial charge is 0.239 e. The van der Waals surface area contributed by atoms with Crippen molar-refractivity contribution in [3.8, 4) is 0 Å². The van der Waals surface area contributed by atoms with E-state index in [1.807, 2.05) is 13.8 Å². The summed E-state index contributed by atoms with van der Waals surface area (Å²) in [5.74, 6) is 0.00502. The summed E-state index contributed by atoms with van der Waals surface area (Å²) in [6, 6.07) is -0.460. The molecule has 2 fully saturated rings. The molecule has 1 aliphatic carbocycles. The Kier molecular flexibility index (Phi) is 6.24. The highest BCUT2D eigenvalue weighted by Crippen LogP contribution is 2.51. The summed E-state index contributed by atoms with van der Waals surface area (Å²) in [6.45, 7) is 8.72. The van der Waals surface area contributed by atoms with Gasteiger partial charge in [-0.05, 0) is 12.3 Å². The highest BCUT2D eigenvalue weighted by atomic mass is 35.5. The monoisotopic (exact) mass is 333 g/mol. The summed E-state index contributed by atoms with van der Waals surface area (Å²) < 4.78 is 5.70. The predicted molar refractivity (Wildman–Crippen MR) is 86.6 cm³/mol. The van der Waals surface area contributed by atoms with Gasteiger partial charge in [0.2, 0.25) is 11.8 Å². The zero-order valence-electron chi connectivity index (χ0n) is 13.7. The highest BCUT2D eigenvalue weighted by Gasteiger charge is 2.59. The van der Waals surface area contributed by atoms with E-state index in [0.717, 1.165) is 13.0 Å². The van der Waals surface area contributed by atoms with Crippen LogP contribution in [0.25, 0.3) is 0 Å². The molecule has 4 atom stereocenters. The third kappa shape index (κ3) is 3.55. The molecule has 6 nitrogen and oxygen atoms in total. The van der Waals surface area contributed by atoms with E-state index in [4.69, 9.17) is 10.5 Å². The summed E-state index contributed by atoms with van der Waals surface area (Å²) in [4.78, 5) is 23.7. The molecule has 22 heavy (non-hydrogen) atoms. The molecule has 2 rings (SSSR count). The van der Waals surface area contributed by atoms with Crippen molar-refractivity contribution in [2.75, 3.05) is 13.2 Å². The van der Waals surface area contributed by atoms with Gasteiger partial charge in [-0.3, -0.25) is 9.59 Å². The van der Waals surface area contributed by atoms with E-state index in [1.54, 1.807) is 0 Å². The molecule has 0 bridgehead atoms. The maximum absolute atomic E-state index is 12.0. The Morgan fingerprint density at radius 1 is 1.36 bits per heavy atom. The van der Waals surface area contributed by atoms with Crippen molar-refractivity contribution in [1.29, 1.82) is 0 Å². The molecule has 0 aromatic rings. The predicted octanol–water partition coefficient (Wildman–Crippen LogP) is 0.437. The molecule has 128 valence electrons. The molecule has 0 spiro atoms. The Balaban J connectivity index is 0.00000242. The molecule has 1 aliphatic heterocycles. The van der Waals surface area contributed by atoms with Gasteiger partial charge in [0.1, 0.15) is 0 Å². The third-order valence-electron chi connectivity index (χ3n) is 4.86. The van der Waals surface area contributed by atoms with Gasteiger partial charge in [0, 0.05) is 24.0 Å². The van der Waals surface area contributed by atoms with E-state index >= 15 is 0 Å². The molecule has 0 radical (unpaired) electrons. The Hall–Kier alpha value is -0.850. The van der Waals surface area contributed by atoms with E-state index in [1.165, 1.54) is 0 Å². The molecule has 1 saturated heterocycles. The summed E-state index contributed by atoms with van der Waals surface area (Å²) in [5, 5.41) is 5.62. The number of fused-ring (bicyclic) bond motifs is 1. The number of halogens is 1. The van der Waals surface area contributed by atoms with Crippen molar-refractivity contribution in [2.24, 2.45) is 23.0 Å². The molecule has 1 saturated carbocycles. The van der Waals surface area contributed by atoms with Gasteiger partial charge >= 0.3 is 0 Å². The molecule has 0 aromatic carbocycles. The fourth-order valence-electron chi connectivity index (χ4n) is 3.43. The molecule has 2 amide bonds. The lowest BCUT2D eigenvalue weighted by Crippen LogP contribution is -2.67. The van der Waals surface area contributed by atoms with Crippen molar-refractivity contribution >= 4 is 24.2 Å². The van der Waals surface area contributed by atoms with Gasteiger partial charge < -0.3 is 21.1 Å². The molecule has 0 aromatic heterocycles. The molecular weight excluding hydrogens is 306 g/mol. The number of hydrogen-bond acceptors (Lipinski definition) is 4. The van der Waals surface area contributed by atoms with E-state index in [2.05, 4.69) is 24.5 Å². The third-order valence-corrected chi connectivity index (χ3v) is 4.86. The van der Waals surface area contributed by atoms with Crippen LogP contribution in [-0.2, 0) is 14.3 Å². The van der Waals surface area contributed by atoms with Crippen LogP contribution in [0, 0.1) is 17.3 Å². The second kappa shape index (κ2) is 7.15. The van der Waals surface area contributed by atoms with Crippen molar-refractivity contribution < 1.29 is 14.3 Å². The van der Waals surface area contributed by atoms with Gasteiger partial charge in [-0.15, -0.1) is 12.4 Å². The number of nitrogens with two attached hydrogens (primary N) is 1. The van der Waals surface area contributed by atoms with Crippen LogP contribution < -0.4 is 16.4 Å². The highest BCUT2D eigenvalue weighted by molar-refractivity contribution is 5.87. The maximum atomic E-state index is 12.0. The number of hydrogen-bond donors (Lipinski definition) is 3. The number of nitrogens with one attached hydrogen (secondary N) is 2. The van der Waals surface area contributed by atoms with E-state index in [9.17, 15) is 9.59 Å². The molecule has 7 heteroatoms. The van der Waals surface area contributed by atoms with E-state index < -0.39 is 6.04 Å². The molecule has 2 aliphatic rings. The molecule has 1 heterocycles. The lowest BCUT2D eigenvalue weighted by Gasteiger charge is -2.54. The first-order chi connectivity index (χ1) is 9.75. The van der Waals surface area contributed by atoms with Crippen LogP contribution in [0.2, 0.25) is 0 Å². The zero-order chi connectivity index (χ0) is 15.8. The van der Waals surface area contributed by atoms with Gasteiger partial charge in [-0.25, -0.2) is 0 Å². The summed E-state index contributed by atoms with van der Waals surface area (Å²) >= 11 is 0. The quantitative estimate of drug-likeness (QED) is 0.680. The van der Waals surface area contributed by atoms with E-state index in [-0.39, 0.29) is 54.2 Å². The van der Waals surface area contributed by atoms with Gasteiger partial charge in [0.25, 0.3) is 0 Å². The molecule has 4 N–H and O–H groups in total. The van der Waals surface area contributed by atoms with Crippen LogP contribution in [0.5, 0.6) is 0 Å². The Bertz CT molecular complexity index is 428. The average Bonchev–Trinajstić information content (AvgIpc) is 2.88. The summed E-state index contributed by atoms with van der Waals surface area (Å²) in [7, 11) is 0. The minimum atomic E-state index is -0.578. The van der Waals surface area contributed by atoms with Crippen molar-refractivity contribution in [2.45, 2.75) is 52.3 Å². The standard InChI is InChI=1S/C15H27N3O3.ClH/c1-8(2)11(16)14(20)17-7-10(19)18-12-9-5-6-21-13(9)15(12,3)4;/h8-9,11-13H,5-7,16H2,1-4H3,(H,17,20)(H,18,19);1H/t9?,11-,12?,13?;/m0./s1. The lowest BCUT2D eigenvalue weighted by atomic mass is 9.57. The number of carbonyl (C=O) groups excluding carboxylic acids is 2. The van der Waals surface area contributed by atoms with Crippen LogP contribution >= 0.6 is 12.4 Å². The number of amides is 2. The average molecular weight is 334 g/mol. The topological polar surface area (TPSA) is 93.5 Å². The first kappa shape index (κ1) is 19.2. The minimum Gasteiger partial charge on any atom is -0.377 e. The second-order valence-corrected chi connectivity index (χ2v) is 7.10. The maximum Gasteiger partial charge on any atom is 0.239 e. The van der Waals surface area contributed by atoms with Crippen molar-refractivity contribution in [3.63, 3.8) is 0 Å². The SMILES string of the molecule is CC(C)[C@H](N)C(=O)NCC(=O)NC1C2CCOC2C1(C)C.Cl. The fourth-order valence-corrected chi connectivity index (χ4v) is 3.43. The minimum absolute atomic E-state index is 0. The first-order valence-electron chi connectivity index (χ1n) is 7.69. The summed E-state index contributed by atoms with van der Waals surface area (Å²) in [5.41, 5.74) is 5.69. The first-order valence-corrected chi connectivity index (χ1v) is 7.69. The largest absolute Gasteiger partial charge is 0.377 e. The van der Waals surface area contributed by atoms with Crippen LogP contribution in [0.3, 0.4) is 0 Å². The normalized spacial score (nSPS) is 29.8. The number of carbonyl (C=O) groups is 2. The van der Waals surface area contributed by atoms with E-state index in [0.29, 0.717) is 5.92 Å².